The zero-order valence-corrected chi connectivity index (χ0v) is 13.4. The molecule has 1 aliphatic heterocycles. The van der Waals surface area contributed by atoms with Crippen molar-refractivity contribution in [2.75, 3.05) is 13.6 Å². The fraction of sp³-hybridized carbons (Fsp3) is 0.562. The maximum Gasteiger partial charge on any atom is 0.240 e. The first-order chi connectivity index (χ1) is 9.66. The largest absolute Gasteiger partial charge is 0.340 e. The van der Waals surface area contributed by atoms with Gasteiger partial charge >= 0.3 is 0 Å². The SMILES string of the molecule is CN(Cc1ccccc1Br)C(=O)C1NCC2CCCC21. The third-order valence-electron chi connectivity index (χ3n) is 4.75. The van der Waals surface area contributed by atoms with Crippen molar-refractivity contribution in [2.45, 2.75) is 31.8 Å². The molecule has 1 aromatic carbocycles. The van der Waals surface area contributed by atoms with Gasteiger partial charge in [-0.1, -0.05) is 40.5 Å². The monoisotopic (exact) mass is 336 g/mol. The Kier molecular flexibility index (Phi) is 4.13. The van der Waals surface area contributed by atoms with Crippen LogP contribution in [0, 0.1) is 11.8 Å². The second kappa shape index (κ2) is 5.86. The summed E-state index contributed by atoms with van der Waals surface area (Å²) >= 11 is 3.55. The highest BCUT2D eigenvalue weighted by Crippen LogP contribution is 2.38. The molecule has 3 rings (SSSR count). The Labute approximate surface area is 128 Å². The maximum absolute atomic E-state index is 12.7. The maximum atomic E-state index is 12.7. The van der Waals surface area contributed by atoms with Crippen molar-refractivity contribution in [1.82, 2.24) is 10.2 Å². The Balaban J connectivity index is 1.66. The molecule has 1 aromatic rings. The summed E-state index contributed by atoms with van der Waals surface area (Å²) in [5.74, 6) is 1.53. The molecule has 20 heavy (non-hydrogen) atoms. The number of carbonyl (C=O) groups excluding carboxylic acids is 1. The molecule has 3 unspecified atom stereocenters. The number of hydrogen-bond donors (Lipinski definition) is 1. The van der Waals surface area contributed by atoms with Crippen molar-refractivity contribution in [3.63, 3.8) is 0 Å². The van der Waals surface area contributed by atoms with E-state index >= 15 is 0 Å². The number of nitrogens with one attached hydrogen (secondary N) is 1. The molecule has 4 heteroatoms. The fourth-order valence-corrected chi connectivity index (χ4v) is 4.07. The molecule has 108 valence electrons. The van der Waals surface area contributed by atoms with E-state index in [-0.39, 0.29) is 11.9 Å². The van der Waals surface area contributed by atoms with Crippen LogP contribution >= 0.6 is 15.9 Å². The second-order valence-electron chi connectivity index (χ2n) is 6.03. The van der Waals surface area contributed by atoms with Crippen LogP contribution in [0.2, 0.25) is 0 Å². The van der Waals surface area contributed by atoms with Crippen LogP contribution in [-0.4, -0.2) is 30.4 Å². The smallest absolute Gasteiger partial charge is 0.240 e. The number of benzene rings is 1. The molecule has 3 nitrogen and oxygen atoms in total. The fourth-order valence-electron chi connectivity index (χ4n) is 3.66. The van der Waals surface area contributed by atoms with Gasteiger partial charge in [0.25, 0.3) is 0 Å². The van der Waals surface area contributed by atoms with E-state index in [2.05, 4.69) is 27.3 Å². The lowest BCUT2D eigenvalue weighted by Gasteiger charge is -2.25. The predicted octanol–water partition coefficient (Wildman–Crippen LogP) is 2.80. The van der Waals surface area contributed by atoms with Crippen molar-refractivity contribution in [2.24, 2.45) is 11.8 Å². The average molecular weight is 337 g/mol. The summed E-state index contributed by atoms with van der Waals surface area (Å²) in [6, 6.07) is 8.13. The zero-order chi connectivity index (χ0) is 14.1. The van der Waals surface area contributed by atoms with E-state index in [9.17, 15) is 4.79 Å². The van der Waals surface area contributed by atoms with Crippen LogP contribution in [0.4, 0.5) is 0 Å². The van der Waals surface area contributed by atoms with E-state index in [1.54, 1.807) is 0 Å². The number of nitrogens with zero attached hydrogens (tertiary/aromatic N) is 1. The van der Waals surface area contributed by atoms with Crippen molar-refractivity contribution in [3.8, 4) is 0 Å². The van der Waals surface area contributed by atoms with E-state index in [1.807, 2.05) is 30.1 Å². The first-order valence-corrected chi connectivity index (χ1v) is 8.18. The third-order valence-corrected chi connectivity index (χ3v) is 5.53. The lowest BCUT2D eigenvalue weighted by Crippen LogP contribution is -2.44. The van der Waals surface area contributed by atoms with Gasteiger partial charge in [0.15, 0.2) is 0 Å². The van der Waals surface area contributed by atoms with E-state index in [1.165, 1.54) is 19.3 Å². The minimum atomic E-state index is 0.0370. The number of rotatable bonds is 3. The van der Waals surface area contributed by atoms with Gasteiger partial charge in [-0.3, -0.25) is 4.79 Å². The Morgan fingerprint density at radius 2 is 2.20 bits per heavy atom. The summed E-state index contributed by atoms with van der Waals surface area (Å²) in [6.07, 6.45) is 3.78. The van der Waals surface area contributed by atoms with E-state index in [0.717, 1.165) is 22.5 Å². The molecule has 1 saturated carbocycles. The van der Waals surface area contributed by atoms with Gasteiger partial charge in [0.2, 0.25) is 5.91 Å². The van der Waals surface area contributed by atoms with Crippen molar-refractivity contribution in [3.05, 3.63) is 34.3 Å². The standard InChI is InChI=1S/C16H21BrN2O/c1-19(10-12-5-2-3-8-14(12)17)16(20)15-13-7-4-6-11(13)9-18-15/h2-3,5,8,11,13,15,18H,4,6-7,9-10H2,1H3. The summed E-state index contributed by atoms with van der Waals surface area (Å²) in [7, 11) is 1.91. The van der Waals surface area contributed by atoms with E-state index in [4.69, 9.17) is 0 Å². The molecule has 1 N–H and O–H groups in total. The van der Waals surface area contributed by atoms with Crippen LogP contribution in [0.15, 0.2) is 28.7 Å². The molecule has 0 spiro atoms. The van der Waals surface area contributed by atoms with Gasteiger partial charge in [0, 0.05) is 18.1 Å². The van der Waals surface area contributed by atoms with Crippen LogP contribution in [0.25, 0.3) is 0 Å². The summed E-state index contributed by atoms with van der Waals surface area (Å²) < 4.78 is 1.07. The normalized spacial score (nSPS) is 28.4. The van der Waals surface area contributed by atoms with Crippen LogP contribution in [-0.2, 0) is 11.3 Å². The molecule has 0 bridgehead atoms. The highest BCUT2D eigenvalue weighted by atomic mass is 79.9. The molecule has 1 amide bonds. The number of likely N-dealkylation sites (N-methyl/N-ethyl adjacent to an activating group) is 1. The highest BCUT2D eigenvalue weighted by molar-refractivity contribution is 9.10. The minimum Gasteiger partial charge on any atom is -0.340 e. The first-order valence-electron chi connectivity index (χ1n) is 7.38. The van der Waals surface area contributed by atoms with Crippen LogP contribution in [0.5, 0.6) is 0 Å². The van der Waals surface area contributed by atoms with Gasteiger partial charge in [-0.2, -0.15) is 0 Å². The molecular weight excluding hydrogens is 316 g/mol. The number of halogens is 1. The molecule has 2 fully saturated rings. The summed E-state index contributed by atoms with van der Waals surface area (Å²) in [4.78, 5) is 14.5. The second-order valence-corrected chi connectivity index (χ2v) is 6.88. The summed E-state index contributed by atoms with van der Waals surface area (Å²) in [5.41, 5.74) is 1.16. The van der Waals surface area contributed by atoms with Crippen LogP contribution in [0.3, 0.4) is 0 Å². The lowest BCUT2D eigenvalue weighted by atomic mass is 9.93. The molecule has 2 aliphatic rings. The van der Waals surface area contributed by atoms with Gasteiger partial charge in [-0.25, -0.2) is 0 Å². The first kappa shape index (κ1) is 14.1. The topological polar surface area (TPSA) is 32.3 Å². The van der Waals surface area contributed by atoms with E-state index < -0.39 is 0 Å². The molecule has 0 radical (unpaired) electrons. The molecule has 1 heterocycles. The molecule has 1 saturated heterocycles. The Morgan fingerprint density at radius 3 is 3.00 bits per heavy atom. The minimum absolute atomic E-state index is 0.0370. The average Bonchev–Trinajstić information content (AvgIpc) is 3.03. The van der Waals surface area contributed by atoms with E-state index in [0.29, 0.717) is 12.5 Å². The number of hydrogen-bond acceptors (Lipinski definition) is 2. The van der Waals surface area contributed by atoms with Crippen LogP contribution in [0.1, 0.15) is 24.8 Å². The Bertz CT molecular complexity index is 505. The Morgan fingerprint density at radius 1 is 1.40 bits per heavy atom. The number of amides is 1. The number of carbonyl (C=O) groups is 1. The van der Waals surface area contributed by atoms with Crippen molar-refractivity contribution >= 4 is 21.8 Å². The summed E-state index contributed by atoms with van der Waals surface area (Å²) in [5, 5.41) is 3.44. The van der Waals surface area contributed by atoms with Gasteiger partial charge < -0.3 is 10.2 Å². The predicted molar refractivity (Wildman–Crippen MR) is 83.2 cm³/mol. The quantitative estimate of drug-likeness (QED) is 0.920. The lowest BCUT2D eigenvalue weighted by molar-refractivity contribution is -0.133. The van der Waals surface area contributed by atoms with Gasteiger partial charge in [-0.05, 0) is 42.9 Å². The van der Waals surface area contributed by atoms with Crippen molar-refractivity contribution < 1.29 is 4.79 Å². The Hall–Kier alpha value is -0.870. The van der Waals surface area contributed by atoms with Crippen LogP contribution < -0.4 is 5.32 Å². The number of fused-ring (bicyclic) bond motifs is 1. The highest BCUT2D eigenvalue weighted by Gasteiger charge is 2.43. The molecular formula is C16H21BrN2O. The third kappa shape index (κ3) is 2.63. The van der Waals surface area contributed by atoms with Gasteiger partial charge in [0.1, 0.15) is 0 Å². The molecule has 0 aromatic heterocycles. The van der Waals surface area contributed by atoms with Gasteiger partial charge in [-0.15, -0.1) is 0 Å². The zero-order valence-electron chi connectivity index (χ0n) is 11.8. The molecule has 3 atom stereocenters. The molecule has 1 aliphatic carbocycles. The summed E-state index contributed by atoms with van der Waals surface area (Å²) in [6.45, 7) is 1.68. The van der Waals surface area contributed by atoms with Crippen molar-refractivity contribution in [1.29, 1.82) is 0 Å². The van der Waals surface area contributed by atoms with Gasteiger partial charge in [0.05, 0.1) is 6.04 Å².